The number of rotatable bonds is 4. The molecule has 0 aliphatic carbocycles. The standard InChI is InChI=1S/C8H10N6O2S/c9-12-7(15)5-1-6(16-2-5)3-17-8-13-11-4-14(8)10/h1-2,4H,3,9-10H2,(H,12,15). The third-order valence-electron chi connectivity index (χ3n) is 1.93. The van der Waals surface area contributed by atoms with Crippen molar-refractivity contribution in [3.63, 3.8) is 0 Å². The Balaban J connectivity index is 1.98. The minimum absolute atomic E-state index is 0.373. The molecule has 9 heteroatoms. The van der Waals surface area contributed by atoms with Crippen molar-refractivity contribution in [3.05, 3.63) is 30.0 Å². The first-order valence-corrected chi connectivity index (χ1v) is 5.55. The van der Waals surface area contributed by atoms with Crippen LogP contribution in [0.15, 0.2) is 28.2 Å². The lowest BCUT2D eigenvalue weighted by Crippen LogP contribution is -2.29. The summed E-state index contributed by atoms with van der Waals surface area (Å²) in [7, 11) is 0. The van der Waals surface area contributed by atoms with Crippen molar-refractivity contribution in [2.75, 3.05) is 5.84 Å². The molecule has 8 nitrogen and oxygen atoms in total. The quantitative estimate of drug-likeness (QED) is 0.290. The molecule has 0 aromatic carbocycles. The topological polar surface area (TPSA) is 125 Å². The molecule has 0 aliphatic rings. The lowest BCUT2D eigenvalue weighted by Gasteiger charge is -1.96. The fraction of sp³-hybridized carbons (Fsp3) is 0.125. The van der Waals surface area contributed by atoms with Crippen LogP contribution in [0.4, 0.5) is 0 Å². The molecule has 17 heavy (non-hydrogen) atoms. The SMILES string of the molecule is NNC(=O)c1coc(CSc2nncn2N)c1. The molecular weight excluding hydrogens is 244 g/mol. The van der Waals surface area contributed by atoms with Gasteiger partial charge in [-0.25, -0.2) is 10.5 Å². The normalized spacial score (nSPS) is 10.4. The van der Waals surface area contributed by atoms with Crippen molar-refractivity contribution in [2.24, 2.45) is 5.84 Å². The average Bonchev–Trinajstić information content (AvgIpc) is 2.94. The lowest BCUT2D eigenvalue weighted by molar-refractivity contribution is 0.0953. The number of thioether (sulfide) groups is 1. The number of furan rings is 1. The van der Waals surface area contributed by atoms with Crippen molar-refractivity contribution in [1.29, 1.82) is 0 Å². The molecule has 5 N–H and O–H groups in total. The first kappa shape index (κ1) is 11.5. The minimum Gasteiger partial charge on any atom is -0.468 e. The number of hydrogen-bond donors (Lipinski definition) is 3. The average molecular weight is 254 g/mol. The highest BCUT2D eigenvalue weighted by Crippen LogP contribution is 2.20. The van der Waals surface area contributed by atoms with Crippen LogP contribution in [0.25, 0.3) is 0 Å². The summed E-state index contributed by atoms with van der Waals surface area (Å²) in [5.74, 6) is 11.3. The van der Waals surface area contributed by atoms with Crippen molar-refractivity contribution < 1.29 is 9.21 Å². The number of carbonyl (C=O) groups excluding carboxylic acids is 1. The van der Waals surface area contributed by atoms with Crippen LogP contribution in [0.2, 0.25) is 0 Å². The first-order chi connectivity index (χ1) is 8.20. The minimum atomic E-state index is -0.396. The number of hydrazine groups is 1. The van der Waals surface area contributed by atoms with Crippen LogP contribution in [-0.2, 0) is 5.75 Å². The van der Waals surface area contributed by atoms with Crippen molar-refractivity contribution in [2.45, 2.75) is 10.9 Å². The van der Waals surface area contributed by atoms with Crippen molar-refractivity contribution >= 4 is 17.7 Å². The highest BCUT2D eigenvalue weighted by molar-refractivity contribution is 7.98. The molecule has 0 spiro atoms. The fourth-order valence-electron chi connectivity index (χ4n) is 1.13. The van der Waals surface area contributed by atoms with E-state index in [2.05, 4.69) is 10.2 Å². The van der Waals surface area contributed by atoms with Crippen LogP contribution < -0.4 is 17.1 Å². The molecular formula is C8H10N6O2S. The van der Waals surface area contributed by atoms with Gasteiger partial charge in [-0.15, -0.1) is 10.2 Å². The Hall–Kier alpha value is -2.00. The number of aromatic nitrogens is 3. The van der Waals surface area contributed by atoms with Crippen LogP contribution in [0, 0.1) is 0 Å². The Morgan fingerprint density at radius 1 is 1.65 bits per heavy atom. The van der Waals surface area contributed by atoms with Gasteiger partial charge in [-0.1, -0.05) is 11.8 Å². The summed E-state index contributed by atoms with van der Waals surface area (Å²) in [6.07, 6.45) is 2.74. The summed E-state index contributed by atoms with van der Waals surface area (Å²) in [6, 6.07) is 1.60. The summed E-state index contributed by atoms with van der Waals surface area (Å²) in [5, 5.41) is 8.00. The Morgan fingerprint density at radius 3 is 3.12 bits per heavy atom. The Bertz CT molecular complexity index is 522. The van der Waals surface area contributed by atoms with Crippen LogP contribution in [0.5, 0.6) is 0 Å². The highest BCUT2D eigenvalue weighted by Gasteiger charge is 2.10. The summed E-state index contributed by atoms with van der Waals surface area (Å²) >= 11 is 1.35. The maximum Gasteiger partial charge on any atom is 0.268 e. The molecule has 2 aromatic heterocycles. The zero-order valence-electron chi connectivity index (χ0n) is 8.66. The third-order valence-corrected chi connectivity index (χ3v) is 2.91. The summed E-state index contributed by atoms with van der Waals surface area (Å²) in [4.78, 5) is 11.2. The zero-order valence-corrected chi connectivity index (χ0v) is 9.48. The van der Waals surface area contributed by atoms with E-state index in [4.69, 9.17) is 16.1 Å². The van der Waals surface area contributed by atoms with Crippen LogP contribution in [0.1, 0.15) is 16.1 Å². The Labute approximate surface area is 100 Å². The summed E-state index contributed by atoms with van der Waals surface area (Å²) < 4.78 is 6.50. The van der Waals surface area contributed by atoms with E-state index in [1.165, 1.54) is 29.0 Å². The van der Waals surface area contributed by atoms with Gasteiger partial charge in [0.2, 0.25) is 5.16 Å². The van der Waals surface area contributed by atoms with Crippen molar-refractivity contribution in [1.82, 2.24) is 20.3 Å². The van der Waals surface area contributed by atoms with E-state index in [0.29, 0.717) is 22.2 Å². The van der Waals surface area contributed by atoms with Gasteiger partial charge in [-0.3, -0.25) is 10.2 Å². The second-order valence-electron chi connectivity index (χ2n) is 3.08. The molecule has 0 bridgehead atoms. The lowest BCUT2D eigenvalue weighted by atomic mass is 10.3. The van der Waals surface area contributed by atoms with E-state index < -0.39 is 5.91 Å². The van der Waals surface area contributed by atoms with Gasteiger partial charge in [0.15, 0.2) is 0 Å². The molecule has 90 valence electrons. The second-order valence-corrected chi connectivity index (χ2v) is 4.03. The van der Waals surface area contributed by atoms with E-state index in [1.807, 2.05) is 5.43 Å². The highest BCUT2D eigenvalue weighted by atomic mass is 32.2. The maximum absolute atomic E-state index is 11.2. The van der Waals surface area contributed by atoms with Crippen LogP contribution in [-0.4, -0.2) is 20.8 Å². The van der Waals surface area contributed by atoms with Gasteiger partial charge in [0.25, 0.3) is 5.91 Å². The van der Waals surface area contributed by atoms with Crippen LogP contribution in [0.3, 0.4) is 0 Å². The summed E-state index contributed by atoms with van der Waals surface area (Å²) in [6.45, 7) is 0. The van der Waals surface area contributed by atoms with Gasteiger partial charge in [0, 0.05) is 0 Å². The number of hydrogen-bond acceptors (Lipinski definition) is 7. The predicted molar refractivity (Wildman–Crippen MR) is 60.1 cm³/mol. The van der Waals surface area contributed by atoms with E-state index in [9.17, 15) is 4.79 Å². The zero-order chi connectivity index (χ0) is 12.3. The van der Waals surface area contributed by atoms with Gasteiger partial charge >= 0.3 is 0 Å². The van der Waals surface area contributed by atoms with E-state index in [-0.39, 0.29) is 0 Å². The molecule has 2 rings (SSSR count). The van der Waals surface area contributed by atoms with Gasteiger partial charge in [-0.2, -0.15) is 0 Å². The number of nitrogens with one attached hydrogen (secondary N) is 1. The van der Waals surface area contributed by atoms with E-state index in [1.54, 1.807) is 6.07 Å². The molecule has 1 amide bonds. The van der Waals surface area contributed by atoms with E-state index >= 15 is 0 Å². The van der Waals surface area contributed by atoms with Gasteiger partial charge in [0.1, 0.15) is 18.4 Å². The number of nitrogens with zero attached hydrogens (tertiary/aromatic N) is 3. The third kappa shape index (κ3) is 2.57. The number of amides is 1. The number of nitrogen functional groups attached to an aromatic ring is 2. The molecule has 0 fully saturated rings. The maximum atomic E-state index is 11.2. The molecule has 2 aromatic rings. The molecule has 0 atom stereocenters. The van der Waals surface area contributed by atoms with Crippen LogP contribution >= 0.6 is 11.8 Å². The molecule has 0 unspecified atom stereocenters. The van der Waals surface area contributed by atoms with Crippen molar-refractivity contribution in [3.8, 4) is 0 Å². The Kier molecular flexibility index (Phi) is 3.30. The predicted octanol–water partition coefficient (Wildman–Crippen LogP) is -0.519. The first-order valence-electron chi connectivity index (χ1n) is 4.57. The molecule has 2 heterocycles. The van der Waals surface area contributed by atoms with E-state index in [0.717, 1.165) is 0 Å². The largest absolute Gasteiger partial charge is 0.468 e. The molecule has 0 aliphatic heterocycles. The second kappa shape index (κ2) is 4.89. The van der Waals surface area contributed by atoms with Gasteiger partial charge in [0.05, 0.1) is 11.3 Å². The number of nitrogens with two attached hydrogens (primary N) is 2. The monoisotopic (exact) mass is 254 g/mol. The van der Waals surface area contributed by atoms with Gasteiger partial charge in [-0.05, 0) is 6.07 Å². The fourth-order valence-corrected chi connectivity index (χ4v) is 1.85. The van der Waals surface area contributed by atoms with Gasteiger partial charge < -0.3 is 10.3 Å². The molecule has 0 saturated carbocycles. The molecule has 0 radical (unpaired) electrons. The number of carbonyl (C=O) groups is 1. The molecule has 0 saturated heterocycles. The smallest absolute Gasteiger partial charge is 0.268 e. The Morgan fingerprint density at radius 2 is 2.47 bits per heavy atom. The summed E-state index contributed by atoms with van der Waals surface area (Å²) in [5.41, 5.74) is 2.39.